The summed E-state index contributed by atoms with van der Waals surface area (Å²) in [5, 5.41) is 5.96. The molecular formula is C16H22N2O3. The van der Waals surface area contributed by atoms with Crippen molar-refractivity contribution in [3.8, 4) is 11.5 Å². The zero-order valence-electron chi connectivity index (χ0n) is 12.5. The molecule has 1 heterocycles. The highest BCUT2D eigenvalue weighted by atomic mass is 16.7. The van der Waals surface area contributed by atoms with Crippen molar-refractivity contribution in [3.63, 3.8) is 0 Å². The molecule has 1 aliphatic heterocycles. The summed E-state index contributed by atoms with van der Waals surface area (Å²) in [4.78, 5) is 12.1. The van der Waals surface area contributed by atoms with Gasteiger partial charge in [-0.1, -0.05) is 26.7 Å². The Bertz CT molecular complexity index is 532. The van der Waals surface area contributed by atoms with Crippen molar-refractivity contribution in [3.05, 3.63) is 18.2 Å². The molecule has 1 saturated carbocycles. The van der Waals surface area contributed by atoms with Gasteiger partial charge >= 0.3 is 6.03 Å². The van der Waals surface area contributed by atoms with Gasteiger partial charge in [0.15, 0.2) is 11.5 Å². The second-order valence-electron chi connectivity index (χ2n) is 6.04. The van der Waals surface area contributed by atoms with Gasteiger partial charge in [-0.15, -0.1) is 0 Å². The number of fused-ring (bicyclic) bond motifs is 1. The lowest BCUT2D eigenvalue weighted by Crippen LogP contribution is -2.45. The Morgan fingerprint density at radius 2 is 2.00 bits per heavy atom. The van der Waals surface area contributed by atoms with E-state index in [-0.39, 0.29) is 18.9 Å². The normalized spacial score (nSPS) is 27.2. The summed E-state index contributed by atoms with van der Waals surface area (Å²) in [6, 6.07) is 5.51. The predicted octanol–water partition coefficient (Wildman–Crippen LogP) is 3.36. The quantitative estimate of drug-likeness (QED) is 0.878. The highest BCUT2D eigenvalue weighted by Gasteiger charge is 2.28. The van der Waals surface area contributed by atoms with Gasteiger partial charge in [0.2, 0.25) is 6.79 Å². The van der Waals surface area contributed by atoms with E-state index >= 15 is 0 Å². The Hall–Kier alpha value is -1.91. The molecule has 2 N–H and O–H groups in total. The maximum Gasteiger partial charge on any atom is 0.319 e. The lowest BCUT2D eigenvalue weighted by atomic mass is 9.78. The summed E-state index contributed by atoms with van der Waals surface area (Å²) in [6.45, 7) is 4.71. The molecule has 0 radical (unpaired) electrons. The number of ether oxygens (including phenoxy) is 2. The van der Waals surface area contributed by atoms with Gasteiger partial charge in [0.25, 0.3) is 0 Å². The molecule has 0 aromatic heterocycles. The minimum atomic E-state index is -0.153. The fraction of sp³-hybridized carbons (Fsp3) is 0.562. The fourth-order valence-electron chi connectivity index (χ4n) is 3.10. The van der Waals surface area contributed by atoms with Crippen LogP contribution >= 0.6 is 0 Å². The third-order valence-corrected chi connectivity index (χ3v) is 4.65. The van der Waals surface area contributed by atoms with Crippen molar-refractivity contribution < 1.29 is 14.3 Å². The molecule has 114 valence electrons. The zero-order chi connectivity index (χ0) is 14.8. The van der Waals surface area contributed by atoms with Gasteiger partial charge in [-0.05, 0) is 30.4 Å². The van der Waals surface area contributed by atoms with Crippen LogP contribution in [-0.4, -0.2) is 18.9 Å². The van der Waals surface area contributed by atoms with E-state index in [4.69, 9.17) is 9.47 Å². The molecule has 2 amide bonds. The number of hydrogen-bond acceptors (Lipinski definition) is 3. The zero-order valence-corrected chi connectivity index (χ0v) is 12.5. The number of amides is 2. The molecule has 5 heteroatoms. The van der Waals surface area contributed by atoms with Crippen LogP contribution in [0.25, 0.3) is 0 Å². The van der Waals surface area contributed by atoms with Gasteiger partial charge in [0.1, 0.15) is 0 Å². The molecule has 3 atom stereocenters. The fourth-order valence-corrected chi connectivity index (χ4v) is 3.10. The summed E-state index contributed by atoms with van der Waals surface area (Å²) >= 11 is 0. The lowest BCUT2D eigenvalue weighted by molar-refractivity contribution is 0.174. The molecule has 1 aromatic rings. The Morgan fingerprint density at radius 3 is 2.86 bits per heavy atom. The van der Waals surface area contributed by atoms with Crippen molar-refractivity contribution in [2.45, 2.75) is 39.2 Å². The van der Waals surface area contributed by atoms with E-state index < -0.39 is 0 Å². The van der Waals surface area contributed by atoms with Crippen molar-refractivity contribution in [1.82, 2.24) is 5.32 Å². The molecular weight excluding hydrogens is 268 g/mol. The van der Waals surface area contributed by atoms with Crippen molar-refractivity contribution in [2.24, 2.45) is 11.8 Å². The van der Waals surface area contributed by atoms with Gasteiger partial charge in [-0.2, -0.15) is 0 Å². The van der Waals surface area contributed by atoms with Crippen molar-refractivity contribution >= 4 is 11.7 Å². The third kappa shape index (κ3) is 3.06. The molecule has 2 aliphatic rings. The van der Waals surface area contributed by atoms with Crippen molar-refractivity contribution in [2.75, 3.05) is 12.1 Å². The van der Waals surface area contributed by atoms with Crippen LogP contribution < -0.4 is 20.1 Å². The Kier molecular flexibility index (Phi) is 3.90. The standard InChI is InChI=1S/C16H22N2O3/c1-10-4-3-5-13(11(10)2)18-16(19)17-12-6-7-14-15(8-12)21-9-20-14/h6-8,10-11,13H,3-5,9H2,1-2H3,(H2,17,18,19)/t10-,11+,13+/m1/s1. The molecule has 0 spiro atoms. The van der Waals surface area contributed by atoms with E-state index in [0.717, 1.165) is 12.2 Å². The monoisotopic (exact) mass is 290 g/mol. The van der Waals surface area contributed by atoms with Crippen LogP contribution in [-0.2, 0) is 0 Å². The van der Waals surface area contributed by atoms with E-state index in [1.54, 1.807) is 6.07 Å². The van der Waals surface area contributed by atoms with Crippen LogP contribution in [0.5, 0.6) is 11.5 Å². The average molecular weight is 290 g/mol. The van der Waals surface area contributed by atoms with Crippen LogP contribution in [0.2, 0.25) is 0 Å². The maximum atomic E-state index is 12.1. The molecule has 1 fully saturated rings. The first-order chi connectivity index (χ1) is 10.1. The Balaban J connectivity index is 1.59. The highest BCUT2D eigenvalue weighted by Crippen LogP contribution is 2.34. The first kappa shape index (κ1) is 14.0. The van der Waals surface area contributed by atoms with E-state index in [0.29, 0.717) is 23.3 Å². The molecule has 5 nitrogen and oxygen atoms in total. The number of benzene rings is 1. The third-order valence-electron chi connectivity index (χ3n) is 4.65. The number of rotatable bonds is 2. The molecule has 1 aliphatic carbocycles. The number of nitrogens with one attached hydrogen (secondary N) is 2. The summed E-state index contributed by atoms with van der Waals surface area (Å²) in [5.41, 5.74) is 0.716. The number of hydrogen-bond donors (Lipinski definition) is 2. The van der Waals surface area contributed by atoms with Crippen LogP contribution in [0.1, 0.15) is 33.1 Å². The predicted molar refractivity (Wildman–Crippen MR) is 80.7 cm³/mol. The average Bonchev–Trinajstić information content (AvgIpc) is 2.91. The van der Waals surface area contributed by atoms with Crippen molar-refractivity contribution in [1.29, 1.82) is 0 Å². The molecule has 1 aromatic carbocycles. The van der Waals surface area contributed by atoms with E-state index in [9.17, 15) is 4.79 Å². The van der Waals surface area contributed by atoms with Gasteiger partial charge in [0.05, 0.1) is 0 Å². The summed E-state index contributed by atoms with van der Waals surface area (Å²) in [6.07, 6.45) is 3.49. The largest absolute Gasteiger partial charge is 0.454 e. The Morgan fingerprint density at radius 1 is 1.19 bits per heavy atom. The lowest BCUT2D eigenvalue weighted by Gasteiger charge is -2.34. The summed E-state index contributed by atoms with van der Waals surface area (Å²) < 4.78 is 10.6. The van der Waals surface area contributed by atoms with E-state index in [1.165, 1.54) is 12.8 Å². The highest BCUT2D eigenvalue weighted by molar-refractivity contribution is 5.89. The SMILES string of the molecule is C[C@H]1[C@H](C)CCC[C@@H]1NC(=O)Nc1ccc2c(c1)OCO2. The first-order valence-electron chi connectivity index (χ1n) is 7.60. The number of carbonyl (C=O) groups is 1. The molecule has 21 heavy (non-hydrogen) atoms. The van der Waals surface area contributed by atoms with Gasteiger partial charge in [-0.25, -0.2) is 4.79 Å². The van der Waals surface area contributed by atoms with E-state index in [1.807, 2.05) is 12.1 Å². The van der Waals surface area contributed by atoms with Crippen LogP contribution in [0.3, 0.4) is 0 Å². The maximum absolute atomic E-state index is 12.1. The summed E-state index contributed by atoms with van der Waals surface area (Å²) in [7, 11) is 0. The molecule has 3 rings (SSSR count). The second kappa shape index (κ2) is 5.84. The van der Waals surface area contributed by atoms with Crippen LogP contribution in [0.4, 0.5) is 10.5 Å². The van der Waals surface area contributed by atoms with Gasteiger partial charge in [0, 0.05) is 17.8 Å². The minimum Gasteiger partial charge on any atom is -0.454 e. The van der Waals surface area contributed by atoms with Crippen LogP contribution in [0, 0.1) is 11.8 Å². The molecule has 0 bridgehead atoms. The van der Waals surface area contributed by atoms with Gasteiger partial charge < -0.3 is 20.1 Å². The van der Waals surface area contributed by atoms with Gasteiger partial charge in [-0.3, -0.25) is 0 Å². The molecule has 0 unspecified atom stereocenters. The summed E-state index contributed by atoms with van der Waals surface area (Å²) in [5.74, 6) is 2.57. The first-order valence-corrected chi connectivity index (χ1v) is 7.60. The van der Waals surface area contributed by atoms with E-state index in [2.05, 4.69) is 24.5 Å². The minimum absolute atomic E-state index is 0.153. The van der Waals surface area contributed by atoms with Crippen LogP contribution in [0.15, 0.2) is 18.2 Å². The smallest absolute Gasteiger partial charge is 0.319 e. The number of urea groups is 1. The second-order valence-corrected chi connectivity index (χ2v) is 6.04. The topological polar surface area (TPSA) is 59.6 Å². The molecule has 0 saturated heterocycles. The number of anilines is 1. The number of carbonyl (C=O) groups excluding carboxylic acids is 1. The Labute approximate surface area is 125 Å².